The molecule has 0 aliphatic rings. The summed E-state index contributed by atoms with van der Waals surface area (Å²) in [6.45, 7) is 0. The number of fused-ring (bicyclic) bond motifs is 10. The van der Waals surface area contributed by atoms with Gasteiger partial charge in [-0.1, -0.05) is 115 Å². The van der Waals surface area contributed by atoms with Gasteiger partial charge >= 0.3 is 0 Å². The molecule has 0 fully saturated rings. The van der Waals surface area contributed by atoms with Crippen molar-refractivity contribution in [1.82, 2.24) is 19.5 Å². The maximum Gasteiger partial charge on any atom is 0.166 e. The Kier molecular flexibility index (Phi) is 6.18. The molecule has 53 heavy (non-hydrogen) atoms. The zero-order valence-corrected chi connectivity index (χ0v) is 28.0. The van der Waals surface area contributed by atoms with Gasteiger partial charge in [0.15, 0.2) is 23.1 Å². The minimum absolute atomic E-state index is 0.392. The molecule has 0 aliphatic carbocycles. The van der Waals surface area contributed by atoms with Gasteiger partial charge in [-0.2, -0.15) is 5.26 Å². The Bertz CT molecular complexity index is 3240. The van der Waals surface area contributed by atoms with E-state index in [1.807, 2.05) is 121 Å². The highest BCUT2D eigenvalue weighted by atomic mass is 16.3. The van der Waals surface area contributed by atoms with Crippen molar-refractivity contribution in [3.05, 3.63) is 157 Å². The van der Waals surface area contributed by atoms with Crippen molar-refractivity contribution in [3.8, 4) is 45.9 Å². The largest absolute Gasteiger partial charge is 0.455 e. The molecular weight excluding hydrogens is 655 g/mol. The first-order chi connectivity index (χ1) is 26.2. The Labute approximate surface area is 301 Å². The lowest BCUT2D eigenvalue weighted by Crippen LogP contribution is -2.03. The van der Waals surface area contributed by atoms with Crippen LogP contribution in [0.4, 0.5) is 0 Å². The van der Waals surface area contributed by atoms with Crippen LogP contribution in [0.2, 0.25) is 0 Å². The standard InChI is InChI=1S/C46H25N5O2/c47-26-29-25-36(51-34-20-10-7-18-32(34)40-35(51)24-23-31-30-17-8-11-21-37(30)52-42(31)40)43-41(33-19-9-12-22-38(33)53-43)39(29)46-49-44(27-13-3-1-4-14-27)48-45(50-46)28-15-5-2-6-16-28/h1-25H. The van der Waals surface area contributed by atoms with Gasteiger partial charge in [-0.25, -0.2) is 15.0 Å². The molecule has 0 saturated carbocycles. The van der Waals surface area contributed by atoms with Crippen LogP contribution in [0.1, 0.15) is 5.56 Å². The van der Waals surface area contributed by atoms with E-state index in [1.54, 1.807) is 0 Å². The van der Waals surface area contributed by atoms with E-state index >= 15 is 0 Å². The number of hydrogen-bond donors (Lipinski definition) is 0. The van der Waals surface area contributed by atoms with Crippen LogP contribution in [0.15, 0.2) is 160 Å². The summed E-state index contributed by atoms with van der Waals surface area (Å²) in [5.41, 5.74) is 8.31. The number of aromatic nitrogens is 4. The Hall–Kier alpha value is -7.56. The number of nitrogens with zero attached hydrogens (tertiary/aromatic N) is 5. The third-order valence-electron chi connectivity index (χ3n) is 10.1. The van der Waals surface area contributed by atoms with Gasteiger partial charge in [0, 0.05) is 43.6 Å². The van der Waals surface area contributed by atoms with Gasteiger partial charge in [-0.15, -0.1) is 0 Å². The van der Waals surface area contributed by atoms with E-state index in [0.29, 0.717) is 39.8 Å². The molecule has 11 rings (SSSR count). The van der Waals surface area contributed by atoms with Crippen LogP contribution < -0.4 is 0 Å². The molecule has 0 bridgehead atoms. The first-order valence-electron chi connectivity index (χ1n) is 17.3. The van der Waals surface area contributed by atoms with Crippen molar-refractivity contribution in [2.45, 2.75) is 0 Å². The fraction of sp³-hybridized carbons (Fsp3) is 0. The molecule has 0 atom stereocenters. The molecule has 11 aromatic rings. The molecule has 0 radical (unpaired) electrons. The van der Waals surface area contributed by atoms with E-state index in [1.165, 1.54) is 0 Å². The highest BCUT2D eigenvalue weighted by Crippen LogP contribution is 2.45. The van der Waals surface area contributed by atoms with Crippen LogP contribution in [0, 0.1) is 11.3 Å². The number of benzene rings is 7. The monoisotopic (exact) mass is 679 g/mol. The van der Waals surface area contributed by atoms with Crippen LogP contribution >= 0.6 is 0 Å². The average Bonchev–Trinajstić information content (AvgIpc) is 3.91. The van der Waals surface area contributed by atoms with E-state index in [2.05, 4.69) is 41.0 Å². The van der Waals surface area contributed by atoms with Crippen molar-refractivity contribution in [1.29, 1.82) is 5.26 Å². The fourth-order valence-electron chi connectivity index (χ4n) is 7.78. The van der Waals surface area contributed by atoms with E-state index in [-0.39, 0.29) is 0 Å². The van der Waals surface area contributed by atoms with Crippen molar-refractivity contribution >= 4 is 65.7 Å². The maximum atomic E-state index is 11.0. The summed E-state index contributed by atoms with van der Waals surface area (Å²) >= 11 is 0. The Morgan fingerprint density at radius 1 is 0.472 bits per heavy atom. The van der Waals surface area contributed by atoms with Crippen LogP contribution in [-0.2, 0) is 0 Å². The molecule has 0 aliphatic heterocycles. The van der Waals surface area contributed by atoms with Gasteiger partial charge in [0.05, 0.1) is 33.7 Å². The van der Waals surface area contributed by atoms with Crippen LogP contribution in [-0.4, -0.2) is 19.5 Å². The number of hydrogen-bond acceptors (Lipinski definition) is 6. The number of nitriles is 1. The summed E-state index contributed by atoms with van der Waals surface area (Å²) in [7, 11) is 0. The molecule has 4 heterocycles. The van der Waals surface area contributed by atoms with E-state index in [0.717, 1.165) is 71.3 Å². The SMILES string of the molecule is N#Cc1cc(-n2c3ccccc3c3c4oc5ccccc5c4ccc32)c2oc3ccccc3c2c1-c1nc(-c2ccccc2)nc(-c2ccccc2)n1. The average molecular weight is 680 g/mol. The minimum atomic E-state index is 0.392. The molecule has 0 unspecified atom stereocenters. The predicted molar refractivity (Wildman–Crippen MR) is 210 cm³/mol. The molecule has 7 aromatic carbocycles. The van der Waals surface area contributed by atoms with Gasteiger partial charge in [0.25, 0.3) is 0 Å². The van der Waals surface area contributed by atoms with Crippen molar-refractivity contribution in [2.24, 2.45) is 0 Å². The lowest BCUT2D eigenvalue weighted by molar-refractivity contribution is 0.666. The van der Waals surface area contributed by atoms with Crippen LogP contribution in [0.3, 0.4) is 0 Å². The van der Waals surface area contributed by atoms with Gasteiger partial charge in [0.1, 0.15) is 16.7 Å². The third kappa shape index (κ3) is 4.30. The molecule has 0 amide bonds. The summed E-state index contributed by atoms with van der Waals surface area (Å²) in [5, 5.41) is 16.8. The molecular formula is C46H25N5O2. The van der Waals surface area contributed by atoms with Crippen LogP contribution in [0.25, 0.3) is 106 Å². The molecule has 0 spiro atoms. The number of para-hydroxylation sites is 3. The van der Waals surface area contributed by atoms with Crippen molar-refractivity contribution in [2.75, 3.05) is 0 Å². The predicted octanol–water partition coefficient (Wildman–Crippen LogP) is 11.6. The second-order valence-electron chi connectivity index (χ2n) is 13.1. The van der Waals surface area contributed by atoms with E-state index < -0.39 is 0 Å². The second kappa shape index (κ2) is 11.2. The smallest absolute Gasteiger partial charge is 0.166 e. The highest BCUT2D eigenvalue weighted by Gasteiger charge is 2.27. The lowest BCUT2D eigenvalue weighted by atomic mass is 9.98. The zero-order chi connectivity index (χ0) is 35.0. The van der Waals surface area contributed by atoms with Crippen LogP contribution in [0.5, 0.6) is 0 Å². The summed E-state index contributed by atoms with van der Waals surface area (Å²) in [5.74, 6) is 1.42. The molecule has 0 saturated heterocycles. The Morgan fingerprint density at radius 3 is 1.74 bits per heavy atom. The Balaban J connectivity index is 1.27. The van der Waals surface area contributed by atoms with Crippen molar-refractivity contribution in [3.63, 3.8) is 0 Å². The maximum absolute atomic E-state index is 11.0. The lowest BCUT2D eigenvalue weighted by Gasteiger charge is -2.14. The van der Waals surface area contributed by atoms with Crippen molar-refractivity contribution < 1.29 is 8.83 Å². The zero-order valence-electron chi connectivity index (χ0n) is 28.0. The topological polar surface area (TPSA) is 93.7 Å². The highest BCUT2D eigenvalue weighted by molar-refractivity contribution is 6.25. The minimum Gasteiger partial charge on any atom is -0.455 e. The fourth-order valence-corrected chi connectivity index (χ4v) is 7.78. The van der Waals surface area contributed by atoms with E-state index in [4.69, 9.17) is 23.8 Å². The quantitative estimate of drug-likeness (QED) is 0.184. The molecule has 0 N–H and O–H groups in total. The van der Waals surface area contributed by atoms with Gasteiger partial charge in [-0.3, -0.25) is 0 Å². The number of rotatable bonds is 4. The summed E-state index contributed by atoms with van der Waals surface area (Å²) in [4.78, 5) is 15.0. The van der Waals surface area contributed by atoms with Gasteiger partial charge in [-0.05, 0) is 36.4 Å². The molecule has 246 valence electrons. The first kappa shape index (κ1) is 29.2. The second-order valence-corrected chi connectivity index (χ2v) is 13.1. The van der Waals surface area contributed by atoms with E-state index in [9.17, 15) is 5.26 Å². The summed E-state index contributed by atoms with van der Waals surface area (Å²) < 4.78 is 15.6. The third-order valence-corrected chi connectivity index (χ3v) is 10.1. The summed E-state index contributed by atoms with van der Waals surface area (Å²) in [6, 6.07) is 52.7. The van der Waals surface area contributed by atoms with Gasteiger partial charge in [0.2, 0.25) is 0 Å². The normalized spacial score (nSPS) is 11.8. The first-order valence-corrected chi connectivity index (χ1v) is 17.3. The summed E-state index contributed by atoms with van der Waals surface area (Å²) in [6.07, 6.45) is 0. The molecule has 7 nitrogen and oxygen atoms in total. The van der Waals surface area contributed by atoms with Gasteiger partial charge < -0.3 is 13.4 Å². The number of furan rings is 2. The Morgan fingerprint density at radius 2 is 1.04 bits per heavy atom. The molecule has 7 heteroatoms. The molecule has 4 aromatic heterocycles.